The van der Waals surface area contributed by atoms with Crippen molar-refractivity contribution in [3.05, 3.63) is 64.0 Å². The maximum atomic E-state index is 12.1. The molecule has 1 aliphatic heterocycles. The predicted octanol–water partition coefficient (Wildman–Crippen LogP) is 8.34. The summed E-state index contributed by atoms with van der Waals surface area (Å²) in [5.74, 6) is 0.952. The highest BCUT2D eigenvalue weighted by atomic mass is 16.5. The number of fused-ring (bicyclic) bond motifs is 1. The molecular formula is C35H51NO4. The molecule has 40 heavy (non-hydrogen) atoms. The molecule has 4 rings (SSSR count). The molecular weight excluding hydrogens is 498 g/mol. The Balaban J connectivity index is 1.96. The predicted molar refractivity (Wildman–Crippen MR) is 163 cm³/mol. The third kappa shape index (κ3) is 6.80. The van der Waals surface area contributed by atoms with Gasteiger partial charge in [-0.1, -0.05) is 66.7 Å². The number of rotatable bonds is 8. The third-order valence-electron chi connectivity index (χ3n) is 8.35. The van der Waals surface area contributed by atoms with Crippen LogP contribution in [0.3, 0.4) is 0 Å². The molecule has 0 saturated carbocycles. The molecule has 0 radical (unpaired) electrons. The molecule has 1 aliphatic carbocycles. The zero-order chi connectivity index (χ0) is 29.4. The van der Waals surface area contributed by atoms with Gasteiger partial charge in [0.1, 0.15) is 11.9 Å². The van der Waals surface area contributed by atoms with Crippen molar-refractivity contribution in [1.82, 2.24) is 4.98 Å². The van der Waals surface area contributed by atoms with Crippen LogP contribution in [0.4, 0.5) is 0 Å². The minimum absolute atomic E-state index is 0.00725. The van der Waals surface area contributed by atoms with E-state index in [-0.39, 0.29) is 35.1 Å². The number of hydrogen-bond donors (Lipinski definition) is 1. The van der Waals surface area contributed by atoms with E-state index in [2.05, 4.69) is 61.5 Å². The maximum absolute atomic E-state index is 12.1. The summed E-state index contributed by atoms with van der Waals surface area (Å²) in [6.07, 6.45) is 4.03. The van der Waals surface area contributed by atoms with Gasteiger partial charge >= 0.3 is 0 Å². The van der Waals surface area contributed by atoms with Gasteiger partial charge in [-0.2, -0.15) is 0 Å². The van der Waals surface area contributed by atoms with E-state index in [9.17, 15) is 5.11 Å². The molecule has 2 aromatic rings. The van der Waals surface area contributed by atoms with Crippen LogP contribution in [0.2, 0.25) is 0 Å². The van der Waals surface area contributed by atoms with Crippen molar-refractivity contribution in [3.8, 4) is 5.75 Å². The third-order valence-corrected chi connectivity index (χ3v) is 8.35. The molecule has 1 N–H and O–H groups in total. The summed E-state index contributed by atoms with van der Waals surface area (Å²) in [6, 6.07) is 7.86. The Morgan fingerprint density at radius 1 is 1.05 bits per heavy atom. The average Bonchev–Trinajstić information content (AvgIpc) is 2.86. The molecule has 0 spiro atoms. The molecule has 2 aliphatic rings. The van der Waals surface area contributed by atoms with E-state index in [4.69, 9.17) is 19.2 Å². The Kier molecular flexibility index (Phi) is 9.19. The van der Waals surface area contributed by atoms with Crippen molar-refractivity contribution in [1.29, 1.82) is 0 Å². The highest BCUT2D eigenvalue weighted by molar-refractivity contribution is 5.75. The van der Waals surface area contributed by atoms with Gasteiger partial charge in [-0.05, 0) is 85.6 Å². The minimum Gasteiger partial charge on any atom is -0.491 e. The lowest BCUT2D eigenvalue weighted by molar-refractivity contribution is -0.0778. The van der Waals surface area contributed by atoms with Crippen LogP contribution >= 0.6 is 0 Å². The van der Waals surface area contributed by atoms with Crippen molar-refractivity contribution < 1.29 is 19.3 Å². The number of aliphatic hydroxyl groups is 1. The first-order chi connectivity index (χ1) is 18.7. The monoisotopic (exact) mass is 549 g/mol. The fourth-order valence-corrected chi connectivity index (χ4v) is 5.85. The summed E-state index contributed by atoms with van der Waals surface area (Å²) >= 11 is 0. The number of hydrogen-bond acceptors (Lipinski definition) is 5. The lowest BCUT2D eigenvalue weighted by Gasteiger charge is -2.42. The normalized spacial score (nSPS) is 20.7. The van der Waals surface area contributed by atoms with Gasteiger partial charge in [0.25, 0.3) is 0 Å². The van der Waals surface area contributed by atoms with Gasteiger partial charge in [0.15, 0.2) is 0 Å². The van der Waals surface area contributed by atoms with Crippen LogP contribution in [0.5, 0.6) is 5.75 Å². The van der Waals surface area contributed by atoms with Gasteiger partial charge in [0.05, 0.1) is 31.5 Å². The zero-order valence-corrected chi connectivity index (χ0v) is 26.4. The average molecular weight is 550 g/mol. The van der Waals surface area contributed by atoms with Crippen LogP contribution < -0.4 is 4.74 Å². The Morgan fingerprint density at radius 3 is 2.27 bits per heavy atom. The number of benzene rings is 1. The molecule has 5 heteroatoms. The number of nitrogens with zero attached hydrogens (tertiary/aromatic N) is 1. The second-order valence-electron chi connectivity index (χ2n) is 14.2. The van der Waals surface area contributed by atoms with Crippen LogP contribution in [0, 0.1) is 10.8 Å². The number of pyridine rings is 1. The molecule has 0 bridgehead atoms. The van der Waals surface area contributed by atoms with Crippen molar-refractivity contribution in [2.45, 2.75) is 119 Å². The Hall–Kier alpha value is -2.21. The van der Waals surface area contributed by atoms with Crippen LogP contribution in [-0.2, 0) is 15.9 Å². The molecule has 3 atom stereocenters. The second-order valence-corrected chi connectivity index (χ2v) is 14.2. The van der Waals surface area contributed by atoms with Gasteiger partial charge in [-0.15, -0.1) is 0 Å². The van der Waals surface area contributed by atoms with E-state index < -0.39 is 6.10 Å². The summed E-state index contributed by atoms with van der Waals surface area (Å²) in [7, 11) is 0. The summed E-state index contributed by atoms with van der Waals surface area (Å²) in [4.78, 5) is 5.36. The van der Waals surface area contributed by atoms with Crippen molar-refractivity contribution in [3.63, 3.8) is 0 Å². The standard InChI is InChI=1S/C35H51NO4/c1-21(2)32-31(33(37)25-11-13-26(14-12-25)39-22(3)4)29(24-15-17-38-18-16-24)30-27(36-32)19-35(9,10)20-28(30)40-23(5)34(6,7)8/h11-15,21-23,28,33,37H,16-20H2,1-10H3/t23?,28?,33-/m1/s1. The molecule has 0 fully saturated rings. The zero-order valence-electron chi connectivity index (χ0n) is 26.4. The highest BCUT2D eigenvalue weighted by Gasteiger charge is 2.41. The van der Waals surface area contributed by atoms with Gasteiger partial charge < -0.3 is 19.3 Å². The van der Waals surface area contributed by atoms with E-state index in [1.165, 1.54) is 11.1 Å². The van der Waals surface area contributed by atoms with Crippen LogP contribution in [-0.4, -0.2) is 35.5 Å². The van der Waals surface area contributed by atoms with Crippen LogP contribution in [0.15, 0.2) is 30.3 Å². The molecule has 1 aromatic heterocycles. The first-order valence-corrected chi connectivity index (χ1v) is 15.1. The van der Waals surface area contributed by atoms with E-state index in [0.717, 1.165) is 53.1 Å². The molecule has 0 saturated heterocycles. The molecule has 2 heterocycles. The number of aromatic nitrogens is 1. The Labute approximate surface area is 242 Å². The molecule has 5 nitrogen and oxygen atoms in total. The second kappa shape index (κ2) is 12.0. The summed E-state index contributed by atoms with van der Waals surface area (Å²) in [6.45, 7) is 23.2. The lowest BCUT2D eigenvalue weighted by Crippen LogP contribution is -2.35. The number of ether oxygens (including phenoxy) is 3. The van der Waals surface area contributed by atoms with E-state index in [0.29, 0.717) is 13.2 Å². The summed E-state index contributed by atoms with van der Waals surface area (Å²) < 4.78 is 18.6. The summed E-state index contributed by atoms with van der Waals surface area (Å²) in [5.41, 5.74) is 7.44. The first kappa shape index (κ1) is 30.7. The lowest BCUT2D eigenvalue weighted by atomic mass is 9.71. The minimum atomic E-state index is -0.822. The maximum Gasteiger partial charge on any atom is 0.119 e. The summed E-state index contributed by atoms with van der Waals surface area (Å²) in [5, 5.41) is 12.1. The fourth-order valence-electron chi connectivity index (χ4n) is 5.85. The quantitative estimate of drug-likeness (QED) is 0.359. The van der Waals surface area contributed by atoms with Gasteiger partial charge in [-0.25, -0.2) is 0 Å². The topological polar surface area (TPSA) is 60.8 Å². The van der Waals surface area contributed by atoms with Crippen LogP contribution in [0.25, 0.3) is 5.57 Å². The largest absolute Gasteiger partial charge is 0.491 e. The molecule has 1 aromatic carbocycles. The Bertz CT molecular complexity index is 1200. The van der Waals surface area contributed by atoms with E-state index in [1.54, 1.807) is 0 Å². The fraction of sp³-hybridized carbons (Fsp3) is 0.629. The van der Waals surface area contributed by atoms with Crippen molar-refractivity contribution >= 4 is 5.57 Å². The van der Waals surface area contributed by atoms with Gasteiger partial charge in [0, 0.05) is 22.5 Å². The molecule has 2 unspecified atom stereocenters. The van der Waals surface area contributed by atoms with Crippen LogP contribution in [0.1, 0.15) is 134 Å². The highest BCUT2D eigenvalue weighted by Crippen LogP contribution is 2.50. The molecule has 0 amide bonds. The molecule has 220 valence electrons. The van der Waals surface area contributed by atoms with Gasteiger partial charge in [0.2, 0.25) is 0 Å². The van der Waals surface area contributed by atoms with E-state index >= 15 is 0 Å². The SMILES string of the molecule is CC(C)Oc1ccc([C@@H](O)c2c(C(C)C)nc3c(c2C2=CCOCC2)C(OC(C)C(C)(C)C)CC(C)(C)C3)cc1. The van der Waals surface area contributed by atoms with Gasteiger partial charge in [-0.3, -0.25) is 4.98 Å². The first-order valence-electron chi connectivity index (χ1n) is 15.1. The Morgan fingerprint density at radius 2 is 1.73 bits per heavy atom. The smallest absolute Gasteiger partial charge is 0.119 e. The number of aliphatic hydroxyl groups excluding tert-OH is 1. The van der Waals surface area contributed by atoms with Crippen molar-refractivity contribution in [2.24, 2.45) is 10.8 Å². The van der Waals surface area contributed by atoms with Crippen molar-refractivity contribution in [2.75, 3.05) is 13.2 Å². The van der Waals surface area contributed by atoms with E-state index in [1.807, 2.05) is 38.1 Å².